The molecule has 2 aromatic rings. The summed E-state index contributed by atoms with van der Waals surface area (Å²) in [5, 5.41) is 9.40. The summed E-state index contributed by atoms with van der Waals surface area (Å²) < 4.78 is 1.91. The largest absolute Gasteiger partial charge is 0.396 e. The van der Waals surface area contributed by atoms with E-state index in [2.05, 4.69) is 15.0 Å². The molecule has 3 N–H and O–H groups in total. The quantitative estimate of drug-likeness (QED) is 0.649. The standard InChI is InChI=1S/C11H12ClN5O.ClH/c12-9-8-10(16-11(13)15-9)17(5-14-8)7-2-1-6(3-7)4-18;/h1-2,5-7,18H,3-4H2,(H2,13,15,16);1H/t6-,7+;/m0./s1. The van der Waals surface area contributed by atoms with Gasteiger partial charge in [0.2, 0.25) is 5.95 Å². The van der Waals surface area contributed by atoms with Gasteiger partial charge in [0.15, 0.2) is 10.8 Å². The zero-order valence-corrected chi connectivity index (χ0v) is 11.5. The zero-order valence-electron chi connectivity index (χ0n) is 9.90. The Morgan fingerprint density at radius 1 is 1.42 bits per heavy atom. The van der Waals surface area contributed by atoms with Crippen LogP contribution in [0.25, 0.3) is 11.2 Å². The molecule has 0 saturated heterocycles. The van der Waals surface area contributed by atoms with Gasteiger partial charge in [-0.2, -0.15) is 9.97 Å². The lowest BCUT2D eigenvalue weighted by Crippen LogP contribution is -2.08. The number of imidazole rings is 1. The Labute approximate surface area is 120 Å². The number of anilines is 1. The van der Waals surface area contributed by atoms with Crippen molar-refractivity contribution in [3.8, 4) is 0 Å². The van der Waals surface area contributed by atoms with Gasteiger partial charge < -0.3 is 15.4 Å². The van der Waals surface area contributed by atoms with E-state index in [4.69, 9.17) is 22.4 Å². The SMILES string of the molecule is Cl.Nc1nc(Cl)c2ncn([C@@H]3C=C[C@H](CO)C3)c2n1. The predicted octanol–water partition coefficient (Wildman–Crippen LogP) is 1.59. The minimum Gasteiger partial charge on any atom is -0.396 e. The van der Waals surface area contributed by atoms with Gasteiger partial charge in [-0.25, -0.2) is 4.98 Å². The molecule has 1 aliphatic carbocycles. The van der Waals surface area contributed by atoms with Crippen LogP contribution in [0.1, 0.15) is 12.5 Å². The van der Waals surface area contributed by atoms with Gasteiger partial charge in [-0.3, -0.25) is 0 Å². The summed E-state index contributed by atoms with van der Waals surface area (Å²) in [6, 6.07) is 0.123. The van der Waals surface area contributed by atoms with E-state index >= 15 is 0 Å². The molecule has 0 amide bonds. The smallest absolute Gasteiger partial charge is 0.223 e. The third-order valence-electron chi connectivity index (χ3n) is 3.14. The fraction of sp³-hybridized carbons (Fsp3) is 0.364. The molecule has 0 radical (unpaired) electrons. The van der Waals surface area contributed by atoms with E-state index in [1.807, 2.05) is 16.7 Å². The first kappa shape index (κ1) is 14.0. The van der Waals surface area contributed by atoms with Crippen LogP contribution in [0.15, 0.2) is 18.5 Å². The summed E-state index contributed by atoms with van der Waals surface area (Å²) in [6.45, 7) is 0.150. The highest BCUT2D eigenvalue weighted by Crippen LogP contribution is 2.30. The van der Waals surface area contributed by atoms with Crippen LogP contribution in [0.2, 0.25) is 5.15 Å². The number of rotatable bonds is 2. The first-order valence-corrected chi connectivity index (χ1v) is 6.01. The van der Waals surface area contributed by atoms with Gasteiger partial charge in [0.25, 0.3) is 0 Å². The van der Waals surface area contributed by atoms with Crippen molar-refractivity contribution in [3.05, 3.63) is 23.6 Å². The lowest BCUT2D eigenvalue weighted by Gasteiger charge is -2.12. The van der Waals surface area contributed by atoms with Crippen LogP contribution in [0.5, 0.6) is 0 Å². The van der Waals surface area contributed by atoms with E-state index in [1.165, 1.54) is 0 Å². The third-order valence-corrected chi connectivity index (χ3v) is 3.40. The zero-order chi connectivity index (χ0) is 12.7. The van der Waals surface area contributed by atoms with Gasteiger partial charge in [0, 0.05) is 12.5 Å². The molecule has 0 aliphatic heterocycles. The Hall–Kier alpha value is -1.37. The van der Waals surface area contributed by atoms with Gasteiger partial charge in [0.05, 0.1) is 12.4 Å². The van der Waals surface area contributed by atoms with Crippen LogP contribution < -0.4 is 5.73 Å². The van der Waals surface area contributed by atoms with Gasteiger partial charge in [-0.05, 0) is 6.42 Å². The Bertz CT molecular complexity index is 627. The van der Waals surface area contributed by atoms with Gasteiger partial charge in [-0.15, -0.1) is 12.4 Å². The molecule has 2 aromatic heterocycles. The monoisotopic (exact) mass is 301 g/mol. The van der Waals surface area contributed by atoms with Crippen molar-refractivity contribution in [2.24, 2.45) is 5.92 Å². The minimum absolute atomic E-state index is 0. The van der Waals surface area contributed by atoms with E-state index in [0.29, 0.717) is 11.2 Å². The van der Waals surface area contributed by atoms with Gasteiger partial charge in [0.1, 0.15) is 5.52 Å². The fourth-order valence-electron chi connectivity index (χ4n) is 2.23. The van der Waals surface area contributed by atoms with Crippen molar-refractivity contribution < 1.29 is 5.11 Å². The summed E-state index contributed by atoms with van der Waals surface area (Å²) in [5.41, 5.74) is 6.77. The van der Waals surface area contributed by atoms with Crippen molar-refractivity contribution in [2.45, 2.75) is 12.5 Å². The molecule has 2 atom stereocenters. The van der Waals surface area contributed by atoms with E-state index in [-0.39, 0.29) is 42.1 Å². The molecule has 0 fully saturated rings. The molecule has 0 bridgehead atoms. The number of aromatic nitrogens is 4. The molecule has 0 aromatic carbocycles. The van der Waals surface area contributed by atoms with Crippen molar-refractivity contribution in [1.82, 2.24) is 19.5 Å². The molecule has 102 valence electrons. The maximum Gasteiger partial charge on any atom is 0.223 e. The highest BCUT2D eigenvalue weighted by atomic mass is 35.5. The lowest BCUT2D eigenvalue weighted by atomic mass is 10.1. The molecule has 0 unspecified atom stereocenters. The van der Waals surface area contributed by atoms with E-state index in [0.717, 1.165) is 6.42 Å². The number of nitrogens with zero attached hydrogens (tertiary/aromatic N) is 4. The number of halogens is 2. The molecular weight excluding hydrogens is 289 g/mol. The normalized spacial score (nSPS) is 21.8. The molecule has 0 saturated carbocycles. The molecule has 8 heteroatoms. The second kappa shape index (κ2) is 5.32. The molecule has 0 spiro atoms. The molecule has 19 heavy (non-hydrogen) atoms. The van der Waals surface area contributed by atoms with Crippen LogP contribution in [-0.4, -0.2) is 31.2 Å². The van der Waals surface area contributed by atoms with Crippen molar-refractivity contribution in [3.63, 3.8) is 0 Å². The lowest BCUT2D eigenvalue weighted by molar-refractivity contribution is 0.244. The summed E-state index contributed by atoms with van der Waals surface area (Å²) in [4.78, 5) is 12.3. The second-order valence-electron chi connectivity index (χ2n) is 4.33. The summed E-state index contributed by atoms with van der Waals surface area (Å²) in [5.74, 6) is 0.317. The van der Waals surface area contributed by atoms with Crippen molar-refractivity contribution >= 4 is 41.1 Å². The van der Waals surface area contributed by atoms with E-state index < -0.39 is 0 Å². The Morgan fingerprint density at radius 3 is 2.89 bits per heavy atom. The number of nitrogens with two attached hydrogens (primary N) is 1. The number of hydrogen-bond donors (Lipinski definition) is 2. The molecular formula is C11H13Cl2N5O. The molecule has 3 rings (SSSR count). The summed E-state index contributed by atoms with van der Waals surface area (Å²) in [7, 11) is 0. The van der Waals surface area contributed by atoms with Crippen LogP contribution in [-0.2, 0) is 0 Å². The van der Waals surface area contributed by atoms with Gasteiger partial charge >= 0.3 is 0 Å². The molecule has 6 nitrogen and oxygen atoms in total. The maximum atomic E-state index is 9.14. The Balaban J connectivity index is 0.00000133. The average Bonchev–Trinajstić information content (AvgIpc) is 2.93. The van der Waals surface area contributed by atoms with Crippen LogP contribution in [0, 0.1) is 5.92 Å². The van der Waals surface area contributed by atoms with Gasteiger partial charge in [-0.1, -0.05) is 23.8 Å². The topological polar surface area (TPSA) is 89.8 Å². The minimum atomic E-state index is 0. The summed E-state index contributed by atoms with van der Waals surface area (Å²) in [6.07, 6.45) is 6.54. The Morgan fingerprint density at radius 2 is 2.21 bits per heavy atom. The third kappa shape index (κ3) is 2.39. The highest BCUT2D eigenvalue weighted by molar-refractivity contribution is 6.33. The van der Waals surface area contributed by atoms with Crippen molar-refractivity contribution in [1.29, 1.82) is 0 Å². The second-order valence-corrected chi connectivity index (χ2v) is 4.69. The number of nitrogen functional groups attached to an aromatic ring is 1. The average molecular weight is 302 g/mol. The van der Waals surface area contributed by atoms with Crippen molar-refractivity contribution in [2.75, 3.05) is 12.3 Å². The first-order valence-electron chi connectivity index (χ1n) is 5.63. The van der Waals surface area contributed by atoms with E-state index in [9.17, 15) is 0 Å². The van der Waals surface area contributed by atoms with E-state index in [1.54, 1.807) is 6.33 Å². The number of aliphatic hydroxyl groups is 1. The van der Waals surface area contributed by atoms with Crippen LogP contribution in [0.3, 0.4) is 0 Å². The number of aliphatic hydroxyl groups excluding tert-OH is 1. The Kier molecular flexibility index (Phi) is 3.93. The fourth-order valence-corrected chi connectivity index (χ4v) is 2.45. The van der Waals surface area contributed by atoms with Crippen LogP contribution >= 0.6 is 24.0 Å². The number of fused-ring (bicyclic) bond motifs is 1. The molecule has 2 heterocycles. The highest BCUT2D eigenvalue weighted by Gasteiger charge is 2.22. The maximum absolute atomic E-state index is 9.14. The summed E-state index contributed by atoms with van der Waals surface area (Å²) >= 11 is 5.97. The molecule has 1 aliphatic rings. The first-order chi connectivity index (χ1) is 8.69. The van der Waals surface area contributed by atoms with Crippen LogP contribution in [0.4, 0.5) is 5.95 Å². The predicted molar refractivity (Wildman–Crippen MR) is 75.4 cm³/mol. The number of allylic oxidation sites excluding steroid dienone is 1. The number of hydrogen-bond acceptors (Lipinski definition) is 5.